The molecule has 1 amide bonds. The number of nitrogens with one attached hydrogen (secondary N) is 2. The standard InChI is InChI=1S/C38H30N8O20S5/c1-17-9-28(29(66-2)16-27(17)41-40-20-12-25-26(30(13-20)69(57,58)59)14-23(68(54,55)56)15-31(25)70(60,61)62)42-43-33-32(71(63,64)65)11-18-10-19(3-8-24(18)36(33)47)39-44-34-35(38(49)50)45-46(37(34)48)21-4-6-22(7-5-21)67(51,52)53/h3-16,34,42-43,47H,1-2H3,(H,49,50)(H,51,52,53)(H,54,55,56)(H,57,58,59)(H,60,61,62)(H,63,64,65)/b41-40+,44-39+. The molecule has 7 rings (SSSR count). The van der Waals surface area contributed by atoms with Crippen molar-refractivity contribution in [3.8, 4) is 11.5 Å². The third-order valence-corrected chi connectivity index (χ3v) is 14.4. The maximum atomic E-state index is 13.2. The summed E-state index contributed by atoms with van der Waals surface area (Å²) in [6, 6.07) is 11.8. The molecule has 9 N–H and O–H groups in total. The summed E-state index contributed by atoms with van der Waals surface area (Å²) in [6.45, 7) is 1.48. The third-order valence-electron chi connectivity index (χ3n) is 10.1. The number of aromatic hydroxyl groups is 1. The van der Waals surface area contributed by atoms with Gasteiger partial charge in [0.05, 0.1) is 45.3 Å². The summed E-state index contributed by atoms with van der Waals surface area (Å²) in [6.07, 6.45) is 0. The molecule has 0 aliphatic carbocycles. The molecule has 0 fully saturated rings. The van der Waals surface area contributed by atoms with Gasteiger partial charge in [-0.1, -0.05) is 0 Å². The molecule has 1 unspecified atom stereocenters. The number of anilines is 3. The van der Waals surface area contributed by atoms with E-state index in [1.807, 2.05) is 0 Å². The van der Waals surface area contributed by atoms with E-state index in [0.717, 1.165) is 36.4 Å². The number of phenols is 1. The minimum Gasteiger partial charge on any atom is -0.505 e. The number of hydrazine groups is 1. The number of azo groups is 2. The van der Waals surface area contributed by atoms with Crippen molar-refractivity contribution in [2.24, 2.45) is 25.6 Å². The predicted molar refractivity (Wildman–Crippen MR) is 245 cm³/mol. The highest BCUT2D eigenvalue weighted by Gasteiger charge is 2.41. The number of methoxy groups -OCH3 is 1. The van der Waals surface area contributed by atoms with Crippen LogP contribution in [0.1, 0.15) is 5.56 Å². The van der Waals surface area contributed by atoms with Crippen LogP contribution in [0.4, 0.5) is 34.1 Å². The van der Waals surface area contributed by atoms with Crippen molar-refractivity contribution in [3.05, 3.63) is 90.5 Å². The molecule has 372 valence electrons. The second-order valence-corrected chi connectivity index (χ2v) is 21.7. The second kappa shape index (κ2) is 18.3. The lowest BCUT2D eigenvalue weighted by atomic mass is 10.1. The Labute approximate surface area is 399 Å². The zero-order chi connectivity index (χ0) is 52.3. The van der Waals surface area contributed by atoms with Gasteiger partial charge in [0, 0.05) is 22.2 Å². The summed E-state index contributed by atoms with van der Waals surface area (Å²) in [5.74, 6) is -3.49. The van der Waals surface area contributed by atoms with Crippen LogP contribution < -0.4 is 20.6 Å². The molecule has 6 aromatic carbocycles. The number of hydrazone groups is 1. The molecule has 6 aromatic rings. The number of carboxylic acid groups (broad SMARTS) is 1. The molecule has 0 saturated heterocycles. The average molecular weight is 1080 g/mol. The molecular weight excluding hydrogens is 1050 g/mol. The van der Waals surface area contributed by atoms with Crippen molar-refractivity contribution in [2.75, 3.05) is 23.0 Å². The number of carbonyl (C=O) groups excluding carboxylic acids is 1. The summed E-state index contributed by atoms with van der Waals surface area (Å²) in [5.41, 5.74) is 3.39. The molecule has 1 aliphatic heterocycles. The molecule has 1 heterocycles. The largest absolute Gasteiger partial charge is 0.505 e. The van der Waals surface area contributed by atoms with Gasteiger partial charge in [-0.15, -0.1) is 0 Å². The van der Waals surface area contributed by atoms with Crippen LogP contribution in [0.15, 0.2) is 135 Å². The van der Waals surface area contributed by atoms with Gasteiger partial charge in [-0.2, -0.15) is 72.7 Å². The number of carbonyl (C=O) groups is 2. The number of aliphatic carboxylic acids is 1. The maximum absolute atomic E-state index is 13.2. The molecular formula is C38H30N8O20S5. The van der Waals surface area contributed by atoms with Crippen molar-refractivity contribution in [1.29, 1.82) is 0 Å². The summed E-state index contributed by atoms with van der Waals surface area (Å²) in [7, 11) is -24.3. The number of aryl methyl sites for hydroxylation is 1. The zero-order valence-electron chi connectivity index (χ0n) is 35.3. The van der Waals surface area contributed by atoms with Gasteiger partial charge in [-0.05, 0) is 96.7 Å². The summed E-state index contributed by atoms with van der Waals surface area (Å²) in [4.78, 5) is 20.4. The van der Waals surface area contributed by atoms with Gasteiger partial charge in [0.2, 0.25) is 6.04 Å². The number of benzene rings is 6. The van der Waals surface area contributed by atoms with Crippen molar-refractivity contribution in [3.63, 3.8) is 0 Å². The Morgan fingerprint density at radius 1 is 0.648 bits per heavy atom. The lowest BCUT2D eigenvalue weighted by Gasteiger charge is -2.18. The van der Waals surface area contributed by atoms with E-state index in [1.165, 1.54) is 44.4 Å². The van der Waals surface area contributed by atoms with Crippen LogP contribution in [-0.4, -0.2) is 106 Å². The third kappa shape index (κ3) is 10.6. The van der Waals surface area contributed by atoms with E-state index < -0.39 is 127 Å². The Morgan fingerprint density at radius 2 is 1.25 bits per heavy atom. The van der Waals surface area contributed by atoms with Gasteiger partial charge in [-0.3, -0.25) is 38.4 Å². The monoisotopic (exact) mass is 1080 g/mol. The molecule has 71 heavy (non-hydrogen) atoms. The van der Waals surface area contributed by atoms with Crippen LogP contribution >= 0.6 is 0 Å². The molecule has 0 spiro atoms. The van der Waals surface area contributed by atoms with E-state index in [0.29, 0.717) is 23.2 Å². The Morgan fingerprint density at radius 3 is 1.83 bits per heavy atom. The first kappa shape index (κ1) is 51.3. The minimum atomic E-state index is -5.32. The van der Waals surface area contributed by atoms with E-state index in [-0.39, 0.29) is 44.8 Å². The predicted octanol–water partition coefficient (Wildman–Crippen LogP) is 5.04. The molecule has 1 aliphatic rings. The van der Waals surface area contributed by atoms with E-state index in [1.54, 1.807) is 0 Å². The van der Waals surface area contributed by atoms with Gasteiger partial charge in [0.1, 0.15) is 31.9 Å². The number of hydrogen-bond acceptors (Lipinski definition) is 21. The number of phenolic OH excluding ortho intramolecular Hbond substituents is 1. The molecule has 28 nitrogen and oxygen atoms in total. The lowest BCUT2D eigenvalue weighted by Crippen LogP contribution is -2.33. The molecule has 33 heteroatoms. The van der Waals surface area contributed by atoms with Crippen LogP contribution in [0, 0.1) is 6.92 Å². The van der Waals surface area contributed by atoms with E-state index >= 15 is 0 Å². The first-order chi connectivity index (χ1) is 32.9. The number of carboxylic acids is 1. The van der Waals surface area contributed by atoms with Crippen LogP contribution in [-0.2, 0) is 60.2 Å². The highest BCUT2D eigenvalue weighted by molar-refractivity contribution is 7.87. The highest BCUT2D eigenvalue weighted by atomic mass is 32.2. The molecule has 0 saturated carbocycles. The number of ether oxygens (including phenoxy) is 1. The Kier molecular flexibility index (Phi) is 13.2. The maximum Gasteiger partial charge on any atom is 0.355 e. The summed E-state index contributed by atoms with van der Waals surface area (Å²) >= 11 is 0. The van der Waals surface area contributed by atoms with Gasteiger partial charge < -0.3 is 14.9 Å². The molecule has 1 atom stereocenters. The van der Waals surface area contributed by atoms with Gasteiger partial charge >= 0.3 is 5.97 Å². The second-order valence-electron chi connectivity index (χ2n) is 14.7. The first-order valence-electron chi connectivity index (χ1n) is 18.9. The summed E-state index contributed by atoms with van der Waals surface area (Å²) < 4.78 is 175. The Bertz CT molecular complexity index is 3980. The van der Waals surface area contributed by atoms with Crippen LogP contribution in [0.25, 0.3) is 21.5 Å². The lowest BCUT2D eigenvalue weighted by molar-refractivity contribution is -0.130. The molecule has 0 bridgehead atoms. The van der Waals surface area contributed by atoms with Crippen LogP contribution in [0.2, 0.25) is 0 Å². The highest BCUT2D eigenvalue weighted by Crippen LogP contribution is 2.42. The van der Waals surface area contributed by atoms with Crippen molar-refractivity contribution in [2.45, 2.75) is 37.4 Å². The molecule has 0 radical (unpaired) electrons. The first-order valence-corrected chi connectivity index (χ1v) is 26.1. The fraction of sp³-hybridized carbons (Fsp3) is 0.0789. The van der Waals surface area contributed by atoms with E-state index in [9.17, 15) is 84.7 Å². The van der Waals surface area contributed by atoms with Gasteiger partial charge in [-0.25, -0.2) is 4.79 Å². The zero-order valence-corrected chi connectivity index (χ0v) is 39.4. The number of hydrogen-bond donors (Lipinski definition) is 9. The number of rotatable bonds is 15. The van der Waals surface area contributed by atoms with Crippen LogP contribution in [0.3, 0.4) is 0 Å². The van der Waals surface area contributed by atoms with Crippen LogP contribution in [0.5, 0.6) is 11.5 Å². The van der Waals surface area contributed by atoms with Crippen molar-refractivity contribution in [1.82, 2.24) is 0 Å². The van der Waals surface area contributed by atoms with Crippen molar-refractivity contribution >= 4 is 124 Å². The van der Waals surface area contributed by atoms with Crippen molar-refractivity contribution < 1.29 is 89.4 Å². The van der Waals surface area contributed by atoms with E-state index in [2.05, 4.69) is 36.4 Å². The topological polar surface area (TPSA) is 445 Å². The SMILES string of the molecule is COc1cc(/N=N/c2cc(S(=O)(=O)O)c3cc(S(=O)(=O)O)cc(S(=O)(=O)O)c3c2)c(C)cc1NNc1c(S(=O)(=O)O)cc2cc(/N=N/C3C(=O)N(c4ccc(S(=O)(=O)O)cc4)N=C3C(=O)O)ccc2c1O. The normalized spacial score (nSPS) is 15.0. The minimum absolute atomic E-state index is 0.00749. The van der Waals surface area contributed by atoms with Gasteiger partial charge in [0.15, 0.2) is 5.71 Å². The fourth-order valence-corrected chi connectivity index (χ4v) is 10.0. The Hall–Kier alpha value is -7.60. The average Bonchev–Trinajstić information content (AvgIpc) is 3.60. The smallest absolute Gasteiger partial charge is 0.355 e. The molecule has 0 aromatic heterocycles. The number of nitrogens with zero attached hydrogens (tertiary/aromatic N) is 6. The quantitative estimate of drug-likeness (QED) is 0.0281. The number of fused-ring (bicyclic) bond motifs is 2. The van der Waals surface area contributed by atoms with Gasteiger partial charge in [0.25, 0.3) is 56.5 Å². The Balaban J connectivity index is 1.17. The number of amides is 1. The summed E-state index contributed by atoms with van der Waals surface area (Å²) in [5, 5.41) is 39.6. The van der Waals surface area contributed by atoms with E-state index in [4.69, 9.17) is 4.74 Å². The fourth-order valence-electron chi connectivity index (χ4n) is 6.80.